The summed E-state index contributed by atoms with van der Waals surface area (Å²) in [5.41, 5.74) is 0.680. The van der Waals surface area contributed by atoms with E-state index in [2.05, 4.69) is 6.58 Å². The standard InChI is InChI=1S/C11H18N2O2/c1-5-10-11(14)12(3)9(8-15-4)7-13(10)6-2/h5-6,9H,2,7-8H2,1,3-4H3/b10-5-. The molecule has 1 rings (SSSR count). The van der Waals surface area contributed by atoms with Gasteiger partial charge in [-0.25, -0.2) is 0 Å². The van der Waals surface area contributed by atoms with E-state index in [1.807, 2.05) is 17.9 Å². The van der Waals surface area contributed by atoms with E-state index in [9.17, 15) is 4.79 Å². The first-order chi connectivity index (χ1) is 7.15. The molecule has 0 aromatic heterocycles. The van der Waals surface area contributed by atoms with Crippen LogP contribution in [-0.4, -0.2) is 49.1 Å². The number of hydrogen-bond acceptors (Lipinski definition) is 3. The van der Waals surface area contributed by atoms with Crippen LogP contribution in [0.15, 0.2) is 24.6 Å². The lowest BCUT2D eigenvalue weighted by Gasteiger charge is -2.39. The van der Waals surface area contributed by atoms with Gasteiger partial charge in [-0.2, -0.15) is 0 Å². The number of piperazine rings is 1. The van der Waals surface area contributed by atoms with Crippen LogP contribution in [-0.2, 0) is 9.53 Å². The lowest BCUT2D eigenvalue weighted by atomic mass is 10.1. The highest BCUT2D eigenvalue weighted by molar-refractivity contribution is 5.93. The molecule has 0 aliphatic carbocycles. The van der Waals surface area contributed by atoms with Crippen LogP contribution in [0.1, 0.15) is 6.92 Å². The van der Waals surface area contributed by atoms with Crippen molar-refractivity contribution in [3.8, 4) is 0 Å². The quantitative estimate of drug-likeness (QED) is 0.647. The van der Waals surface area contributed by atoms with E-state index < -0.39 is 0 Å². The van der Waals surface area contributed by atoms with Crippen LogP contribution in [0.2, 0.25) is 0 Å². The fraction of sp³-hybridized carbons (Fsp3) is 0.545. The predicted molar refractivity (Wildman–Crippen MR) is 59.1 cm³/mol. The van der Waals surface area contributed by atoms with Crippen molar-refractivity contribution in [1.82, 2.24) is 9.80 Å². The molecule has 0 N–H and O–H groups in total. The second-order valence-electron chi connectivity index (χ2n) is 3.53. The minimum absolute atomic E-state index is 0.0192. The van der Waals surface area contributed by atoms with Crippen molar-refractivity contribution in [3.05, 3.63) is 24.6 Å². The topological polar surface area (TPSA) is 32.8 Å². The molecule has 0 radical (unpaired) electrons. The van der Waals surface area contributed by atoms with Crippen molar-refractivity contribution >= 4 is 5.91 Å². The molecular formula is C11H18N2O2. The van der Waals surface area contributed by atoms with E-state index in [0.717, 1.165) is 6.54 Å². The molecule has 0 aromatic rings. The summed E-state index contributed by atoms with van der Waals surface area (Å²) in [6.07, 6.45) is 3.49. The van der Waals surface area contributed by atoms with Gasteiger partial charge in [-0.1, -0.05) is 12.7 Å². The zero-order valence-corrected chi connectivity index (χ0v) is 9.56. The molecule has 1 aliphatic heterocycles. The van der Waals surface area contributed by atoms with E-state index in [1.165, 1.54) is 0 Å². The number of allylic oxidation sites excluding steroid dienone is 1. The largest absolute Gasteiger partial charge is 0.382 e. The van der Waals surface area contributed by atoms with Gasteiger partial charge in [0.1, 0.15) is 5.70 Å². The van der Waals surface area contributed by atoms with Crippen molar-refractivity contribution in [1.29, 1.82) is 0 Å². The van der Waals surface area contributed by atoms with E-state index in [0.29, 0.717) is 12.3 Å². The Morgan fingerprint density at radius 1 is 1.67 bits per heavy atom. The van der Waals surface area contributed by atoms with Gasteiger partial charge in [-0.15, -0.1) is 0 Å². The zero-order valence-electron chi connectivity index (χ0n) is 9.56. The Morgan fingerprint density at radius 3 is 2.80 bits per heavy atom. The number of amides is 1. The zero-order chi connectivity index (χ0) is 11.4. The van der Waals surface area contributed by atoms with Gasteiger partial charge < -0.3 is 14.5 Å². The van der Waals surface area contributed by atoms with Crippen LogP contribution in [0, 0.1) is 0 Å². The molecule has 15 heavy (non-hydrogen) atoms. The first-order valence-electron chi connectivity index (χ1n) is 4.97. The maximum absolute atomic E-state index is 11.9. The number of likely N-dealkylation sites (N-methyl/N-ethyl adjacent to an activating group) is 1. The summed E-state index contributed by atoms with van der Waals surface area (Å²) in [7, 11) is 3.44. The van der Waals surface area contributed by atoms with E-state index >= 15 is 0 Å². The summed E-state index contributed by atoms with van der Waals surface area (Å²) in [6.45, 7) is 6.85. The normalized spacial score (nSPS) is 24.9. The third kappa shape index (κ3) is 2.21. The number of methoxy groups -OCH3 is 1. The van der Waals surface area contributed by atoms with Crippen LogP contribution in [0.25, 0.3) is 0 Å². The van der Waals surface area contributed by atoms with Crippen molar-refractivity contribution in [3.63, 3.8) is 0 Å². The Bertz CT molecular complexity index is 286. The Labute approximate surface area is 90.8 Å². The molecule has 1 fully saturated rings. The molecule has 1 aliphatic rings. The monoisotopic (exact) mass is 210 g/mol. The molecule has 0 saturated carbocycles. The third-order valence-corrected chi connectivity index (χ3v) is 2.66. The van der Waals surface area contributed by atoms with Gasteiger partial charge in [0.25, 0.3) is 5.91 Å². The summed E-state index contributed by atoms with van der Waals surface area (Å²) in [5.74, 6) is 0.0192. The molecule has 1 saturated heterocycles. The first-order valence-corrected chi connectivity index (χ1v) is 4.97. The lowest BCUT2D eigenvalue weighted by molar-refractivity contribution is -0.133. The van der Waals surface area contributed by atoms with Crippen LogP contribution in [0.5, 0.6) is 0 Å². The Kier molecular flexibility index (Phi) is 3.91. The molecule has 1 unspecified atom stereocenters. The molecule has 1 heterocycles. The number of rotatable bonds is 3. The lowest BCUT2D eigenvalue weighted by Crippen LogP contribution is -2.53. The third-order valence-electron chi connectivity index (χ3n) is 2.66. The van der Waals surface area contributed by atoms with Crippen molar-refractivity contribution < 1.29 is 9.53 Å². The van der Waals surface area contributed by atoms with Crippen LogP contribution >= 0.6 is 0 Å². The SMILES string of the molecule is C=CN1CC(COC)N(C)C(=O)/C1=C/C. The molecule has 4 nitrogen and oxygen atoms in total. The summed E-state index contributed by atoms with van der Waals surface area (Å²) in [6, 6.07) is 0.0872. The summed E-state index contributed by atoms with van der Waals surface area (Å²) < 4.78 is 5.09. The summed E-state index contributed by atoms with van der Waals surface area (Å²) in [4.78, 5) is 15.5. The predicted octanol–water partition coefficient (Wildman–Crippen LogP) is 0.823. The molecule has 0 spiro atoms. The smallest absolute Gasteiger partial charge is 0.270 e. The van der Waals surface area contributed by atoms with Gasteiger partial charge in [0.05, 0.1) is 12.6 Å². The van der Waals surface area contributed by atoms with E-state index in [1.54, 1.807) is 25.3 Å². The highest BCUT2D eigenvalue weighted by Gasteiger charge is 2.31. The van der Waals surface area contributed by atoms with Gasteiger partial charge in [0.15, 0.2) is 0 Å². The average molecular weight is 210 g/mol. The van der Waals surface area contributed by atoms with Crippen molar-refractivity contribution in [2.24, 2.45) is 0 Å². The number of nitrogens with zero attached hydrogens (tertiary/aromatic N) is 2. The first kappa shape index (κ1) is 11.8. The van der Waals surface area contributed by atoms with E-state index in [4.69, 9.17) is 4.74 Å². The second kappa shape index (κ2) is 4.98. The maximum atomic E-state index is 11.9. The summed E-state index contributed by atoms with van der Waals surface area (Å²) in [5, 5.41) is 0. The second-order valence-corrected chi connectivity index (χ2v) is 3.53. The Morgan fingerprint density at radius 2 is 2.33 bits per heavy atom. The molecule has 0 aromatic carbocycles. The van der Waals surface area contributed by atoms with Crippen molar-refractivity contribution in [2.45, 2.75) is 13.0 Å². The minimum Gasteiger partial charge on any atom is -0.382 e. The number of hydrogen-bond donors (Lipinski definition) is 0. The molecule has 1 atom stereocenters. The van der Waals surface area contributed by atoms with Crippen molar-refractivity contribution in [2.75, 3.05) is 27.3 Å². The molecule has 84 valence electrons. The molecule has 4 heteroatoms. The molecular weight excluding hydrogens is 192 g/mol. The Balaban J connectivity index is 2.87. The number of ether oxygens (including phenoxy) is 1. The van der Waals surface area contributed by atoms with Gasteiger partial charge in [-0.3, -0.25) is 4.79 Å². The molecule has 0 bridgehead atoms. The number of carbonyl (C=O) groups is 1. The van der Waals surface area contributed by atoms with E-state index in [-0.39, 0.29) is 11.9 Å². The van der Waals surface area contributed by atoms with Crippen LogP contribution < -0.4 is 0 Å². The fourth-order valence-corrected chi connectivity index (χ4v) is 1.74. The molecule has 1 amide bonds. The minimum atomic E-state index is 0.0192. The van der Waals surface area contributed by atoms with Gasteiger partial charge in [0, 0.05) is 20.7 Å². The van der Waals surface area contributed by atoms with Gasteiger partial charge >= 0.3 is 0 Å². The Hall–Kier alpha value is -1.29. The number of carbonyl (C=O) groups excluding carboxylic acids is 1. The van der Waals surface area contributed by atoms with Gasteiger partial charge in [0.2, 0.25) is 0 Å². The van der Waals surface area contributed by atoms with Crippen LogP contribution in [0.4, 0.5) is 0 Å². The van der Waals surface area contributed by atoms with Gasteiger partial charge in [-0.05, 0) is 13.1 Å². The summed E-state index contributed by atoms with van der Waals surface area (Å²) >= 11 is 0. The van der Waals surface area contributed by atoms with Crippen LogP contribution in [0.3, 0.4) is 0 Å². The maximum Gasteiger partial charge on any atom is 0.270 e. The average Bonchev–Trinajstić information content (AvgIpc) is 2.24. The highest BCUT2D eigenvalue weighted by atomic mass is 16.5. The highest BCUT2D eigenvalue weighted by Crippen LogP contribution is 2.18. The fourth-order valence-electron chi connectivity index (χ4n) is 1.74.